The van der Waals surface area contributed by atoms with Crippen molar-refractivity contribution in [1.29, 1.82) is 0 Å². The van der Waals surface area contributed by atoms with Gasteiger partial charge in [-0.3, -0.25) is 4.79 Å². The molecule has 1 saturated heterocycles. The molecule has 1 aliphatic heterocycles. The predicted octanol–water partition coefficient (Wildman–Crippen LogP) is -0.112. The first-order valence-electron chi connectivity index (χ1n) is 5.34. The molecule has 0 spiro atoms. The van der Waals surface area contributed by atoms with Crippen LogP contribution in [0, 0.1) is 0 Å². The molecule has 0 radical (unpaired) electrons. The molecule has 0 bridgehead atoms. The third kappa shape index (κ3) is 2.60. The number of carbonyl (C=O) groups excluding carboxylic acids is 2. The predicted molar refractivity (Wildman–Crippen MR) is 75.8 cm³/mol. The molecule has 1 aromatic heterocycles. The van der Waals surface area contributed by atoms with E-state index < -0.39 is 5.97 Å². The first kappa shape index (κ1) is 14.3. The molecular weight excluding hydrogens is 304 g/mol. The van der Waals surface area contributed by atoms with Crippen molar-refractivity contribution in [2.75, 3.05) is 25.7 Å². The van der Waals surface area contributed by atoms with E-state index in [1.54, 1.807) is 5.38 Å². The van der Waals surface area contributed by atoms with Gasteiger partial charge >= 0.3 is 5.97 Å². The highest BCUT2D eigenvalue weighted by Gasteiger charge is 2.30. The Bertz CT molecular complexity index is 582. The topological polar surface area (TPSA) is 93.1 Å². The minimum atomic E-state index is -0.683. The Hall–Kier alpha value is -2.07. The molecule has 1 aliphatic rings. The molecule has 20 heavy (non-hydrogen) atoms. The van der Waals surface area contributed by atoms with Crippen LogP contribution in [0.25, 0.3) is 0 Å². The molecule has 0 unspecified atom stereocenters. The number of aromatic nitrogens is 1. The Morgan fingerprint density at radius 3 is 2.90 bits per heavy atom. The van der Waals surface area contributed by atoms with Crippen LogP contribution in [0.3, 0.4) is 0 Å². The van der Waals surface area contributed by atoms with Gasteiger partial charge in [0, 0.05) is 5.38 Å². The van der Waals surface area contributed by atoms with E-state index in [-0.39, 0.29) is 29.0 Å². The van der Waals surface area contributed by atoms with Crippen molar-refractivity contribution in [2.45, 2.75) is 0 Å². The highest BCUT2D eigenvalue weighted by atomic mass is 32.1. The summed E-state index contributed by atoms with van der Waals surface area (Å²) in [5.74, 6) is -0.892. The Balaban J connectivity index is 2.32. The summed E-state index contributed by atoms with van der Waals surface area (Å²) in [6.45, 7) is 0.129. The lowest BCUT2D eigenvalue weighted by Gasteiger charge is -2.09. The summed E-state index contributed by atoms with van der Waals surface area (Å²) < 4.78 is 4.59. The van der Waals surface area contributed by atoms with Gasteiger partial charge in [0.15, 0.2) is 10.2 Å². The summed E-state index contributed by atoms with van der Waals surface area (Å²) in [4.78, 5) is 33.3. The number of oxime groups is 1. The van der Waals surface area contributed by atoms with Crippen molar-refractivity contribution in [2.24, 2.45) is 5.16 Å². The summed E-state index contributed by atoms with van der Waals surface area (Å²) in [6.07, 6.45) is 0. The molecule has 1 N–H and O–H groups in total. The normalized spacial score (nSPS) is 15.3. The summed E-state index contributed by atoms with van der Waals surface area (Å²) in [6, 6.07) is 0. The van der Waals surface area contributed by atoms with Crippen LogP contribution >= 0.6 is 23.6 Å². The fourth-order valence-electron chi connectivity index (χ4n) is 1.47. The first-order valence-corrected chi connectivity index (χ1v) is 6.63. The molecule has 2 rings (SSSR count). The fraction of sp³-hybridized carbons (Fsp3) is 0.300. The minimum absolute atomic E-state index is 0.0805. The van der Waals surface area contributed by atoms with Crippen LogP contribution in [-0.2, 0) is 19.2 Å². The minimum Gasteiger partial charge on any atom is -0.464 e. The molecule has 1 amide bonds. The number of thiazole rings is 1. The fourth-order valence-corrected chi connectivity index (χ4v) is 2.62. The van der Waals surface area contributed by atoms with Crippen LogP contribution in [0.4, 0.5) is 5.13 Å². The summed E-state index contributed by atoms with van der Waals surface area (Å²) in [7, 11) is 2.53. The SMILES string of the molecule is CO/N=C(\C(=O)OC)c1csc(N2C(=O)CNC2=S)n1. The van der Waals surface area contributed by atoms with Gasteiger partial charge in [-0.25, -0.2) is 14.7 Å². The Kier molecular flexibility index (Phi) is 4.25. The number of esters is 1. The number of hydrogen-bond donors (Lipinski definition) is 1. The quantitative estimate of drug-likeness (QED) is 0.359. The number of ether oxygens (including phenoxy) is 1. The van der Waals surface area contributed by atoms with E-state index >= 15 is 0 Å². The summed E-state index contributed by atoms with van der Waals surface area (Å²) >= 11 is 6.17. The maximum Gasteiger partial charge on any atom is 0.362 e. The zero-order valence-electron chi connectivity index (χ0n) is 10.6. The number of hydrogen-bond acceptors (Lipinski definition) is 8. The third-order valence-electron chi connectivity index (χ3n) is 2.33. The molecule has 2 heterocycles. The average molecular weight is 314 g/mol. The largest absolute Gasteiger partial charge is 0.464 e. The van der Waals surface area contributed by atoms with E-state index in [1.807, 2.05) is 0 Å². The molecule has 0 saturated carbocycles. The Morgan fingerprint density at radius 2 is 2.35 bits per heavy atom. The Morgan fingerprint density at radius 1 is 1.60 bits per heavy atom. The van der Waals surface area contributed by atoms with Crippen molar-refractivity contribution in [1.82, 2.24) is 10.3 Å². The monoisotopic (exact) mass is 314 g/mol. The zero-order chi connectivity index (χ0) is 14.7. The van der Waals surface area contributed by atoms with Crippen LogP contribution in [0.2, 0.25) is 0 Å². The maximum absolute atomic E-state index is 11.7. The number of nitrogens with one attached hydrogen (secondary N) is 1. The van der Waals surface area contributed by atoms with E-state index in [2.05, 4.69) is 25.0 Å². The number of anilines is 1. The van der Waals surface area contributed by atoms with Gasteiger partial charge in [0.25, 0.3) is 5.91 Å². The van der Waals surface area contributed by atoms with Crippen LogP contribution in [0.15, 0.2) is 10.5 Å². The van der Waals surface area contributed by atoms with Crippen molar-refractivity contribution in [3.63, 3.8) is 0 Å². The third-order valence-corrected chi connectivity index (χ3v) is 3.48. The number of nitrogens with zero attached hydrogens (tertiary/aromatic N) is 3. The molecule has 10 heteroatoms. The van der Waals surface area contributed by atoms with Gasteiger partial charge in [-0.05, 0) is 12.2 Å². The van der Waals surface area contributed by atoms with Gasteiger partial charge in [-0.15, -0.1) is 11.3 Å². The maximum atomic E-state index is 11.7. The lowest BCUT2D eigenvalue weighted by Crippen LogP contribution is -2.30. The second-order valence-corrected chi connectivity index (χ2v) is 4.74. The van der Waals surface area contributed by atoms with Gasteiger partial charge in [0.2, 0.25) is 5.71 Å². The van der Waals surface area contributed by atoms with Crippen molar-refractivity contribution < 1.29 is 19.2 Å². The average Bonchev–Trinajstić information content (AvgIpc) is 3.02. The van der Waals surface area contributed by atoms with Gasteiger partial charge in [0.1, 0.15) is 12.8 Å². The molecule has 0 atom stereocenters. The van der Waals surface area contributed by atoms with E-state index in [0.717, 1.165) is 11.3 Å². The number of thiocarbonyl (C=S) groups is 1. The molecule has 0 aromatic carbocycles. The molecule has 106 valence electrons. The molecule has 1 aromatic rings. The number of carbonyl (C=O) groups is 2. The number of rotatable bonds is 4. The number of amides is 1. The smallest absolute Gasteiger partial charge is 0.362 e. The van der Waals surface area contributed by atoms with Gasteiger partial charge in [-0.1, -0.05) is 5.16 Å². The van der Waals surface area contributed by atoms with E-state index in [0.29, 0.717) is 5.13 Å². The highest BCUT2D eigenvalue weighted by molar-refractivity contribution is 7.80. The second kappa shape index (κ2) is 5.92. The van der Waals surface area contributed by atoms with Crippen molar-refractivity contribution >= 4 is 51.4 Å². The van der Waals surface area contributed by atoms with Crippen molar-refractivity contribution in [3.05, 3.63) is 11.1 Å². The molecule has 0 aliphatic carbocycles. The van der Waals surface area contributed by atoms with Gasteiger partial charge in [0.05, 0.1) is 13.7 Å². The lowest BCUT2D eigenvalue weighted by molar-refractivity contribution is -0.132. The van der Waals surface area contributed by atoms with Gasteiger partial charge < -0.3 is 14.9 Å². The number of methoxy groups -OCH3 is 1. The van der Waals surface area contributed by atoms with Crippen LogP contribution in [0.5, 0.6) is 0 Å². The van der Waals surface area contributed by atoms with E-state index in [9.17, 15) is 9.59 Å². The highest BCUT2D eigenvalue weighted by Crippen LogP contribution is 2.23. The molecular formula is C10H10N4O4S2. The van der Waals surface area contributed by atoms with Crippen LogP contribution in [-0.4, -0.2) is 48.4 Å². The summed E-state index contributed by atoms with van der Waals surface area (Å²) in [5, 5.41) is 8.52. The van der Waals surface area contributed by atoms with Crippen LogP contribution < -0.4 is 10.2 Å². The van der Waals surface area contributed by atoms with Crippen LogP contribution in [0.1, 0.15) is 5.69 Å². The summed E-state index contributed by atoms with van der Waals surface area (Å²) in [5.41, 5.74) is 0.171. The van der Waals surface area contributed by atoms with Crippen molar-refractivity contribution in [3.8, 4) is 0 Å². The standard InChI is InChI=1S/C10H10N4O4S2/c1-17-8(16)7(13-18-2)5-4-20-10(12-5)14-6(15)3-11-9(14)19/h4H,3H2,1-2H3,(H,11,19)/b13-7-. The molecule has 8 nitrogen and oxygen atoms in total. The van der Waals surface area contributed by atoms with Gasteiger partial charge in [-0.2, -0.15) is 0 Å². The second-order valence-electron chi connectivity index (χ2n) is 3.52. The lowest BCUT2D eigenvalue weighted by atomic mass is 10.3. The Labute approximate surface area is 123 Å². The zero-order valence-corrected chi connectivity index (χ0v) is 12.2. The van der Waals surface area contributed by atoms with E-state index in [1.165, 1.54) is 19.1 Å². The first-order chi connectivity index (χ1) is 9.58. The molecule has 1 fully saturated rings. The van der Waals surface area contributed by atoms with E-state index in [4.69, 9.17) is 12.2 Å².